The van der Waals surface area contributed by atoms with Crippen molar-refractivity contribution in [3.05, 3.63) is 47.8 Å². The Labute approximate surface area is 174 Å². The van der Waals surface area contributed by atoms with E-state index >= 15 is 0 Å². The number of hydrazine groups is 1. The van der Waals surface area contributed by atoms with Gasteiger partial charge in [-0.1, -0.05) is 13.0 Å². The first kappa shape index (κ1) is 19.6. The molecular weight excluding hydrogens is 384 g/mol. The van der Waals surface area contributed by atoms with E-state index in [1.54, 1.807) is 5.01 Å². The summed E-state index contributed by atoms with van der Waals surface area (Å²) in [6, 6.07) is 2.02. The van der Waals surface area contributed by atoms with Crippen LogP contribution in [0.15, 0.2) is 30.7 Å². The van der Waals surface area contributed by atoms with Crippen LogP contribution in [0.1, 0.15) is 36.8 Å². The standard InChI is InChI=1S/C20H26N8S/c1-4-14(11-27(3)21)17-10-23-20-19(25-18-8-13(2)26-29-18)24-16(12-28(17)20)15-6-5-7-22-9-15/h6,8,10-12,22H,4-5,7,9,21H2,1-3H3,(H,24,25)/b14-11+. The highest BCUT2D eigenvalue weighted by Crippen LogP contribution is 2.29. The van der Waals surface area contributed by atoms with Crippen molar-refractivity contribution >= 4 is 39.1 Å². The number of imidazole rings is 1. The zero-order chi connectivity index (χ0) is 20.4. The number of rotatable bonds is 6. The van der Waals surface area contributed by atoms with Gasteiger partial charge in [0, 0.05) is 26.0 Å². The lowest BCUT2D eigenvalue weighted by Gasteiger charge is -2.16. The Balaban J connectivity index is 1.87. The van der Waals surface area contributed by atoms with Gasteiger partial charge >= 0.3 is 0 Å². The average molecular weight is 411 g/mol. The molecule has 4 heterocycles. The van der Waals surface area contributed by atoms with Gasteiger partial charge in [-0.2, -0.15) is 4.37 Å². The van der Waals surface area contributed by atoms with E-state index in [1.807, 2.05) is 32.4 Å². The number of allylic oxidation sites excluding steroid dienone is 1. The fraction of sp³-hybridized carbons (Fsp3) is 0.350. The van der Waals surface area contributed by atoms with Gasteiger partial charge in [0.05, 0.1) is 23.3 Å². The van der Waals surface area contributed by atoms with Gasteiger partial charge < -0.3 is 15.6 Å². The van der Waals surface area contributed by atoms with Crippen LogP contribution in [0.5, 0.6) is 0 Å². The predicted octanol–water partition coefficient (Wildman–Crippen LogP) is 3.17. The SMILES string of the molecule is CC/C(=C\N(C)N)c1cnc2c(Nc3cc(C)ns3)nc(C3=CCCNC3)cn12. The molecule has 0 fully saturated rings. The zero-order valence-corrected chi connectivity index (χ0v) is 17.8. The molecule has 8 nitrogen and oxygen atoms in total. The molecule has 0 aliphatic carbocycles. The average Bonchev–Trinajstić information content (AvgIpc) is 3.33. The van der Waals surface area contributed by atoms with Crippen LogP contribution < -0.4 is 16.5 Å². The van der Waals surface area contributed by atoms with E-state index in [0.717, 1.165) is 65.1 Å². The molecule has 0 unspecified atom stereocenters. The van der Waals surface area contributed by atoms with Gasteiger partial charge in [0.1, 0.15) is 5.00 Å². The number of aryl methyl sites for hydroxylation is 1. The number of fused-ring (bicyclic) bond motifs is 1. The van der Waals surface area contributed by atoms with E-state index < -0.39 is 0 Å². The third-order valence-corrected chi connectivity index (χ3v) is 5.58. The quantitative estimate of drug-likeness (QED) is 0.424. The molecule has 0 saturated carbocycles. The Morgan fingerprint density at radius 2 is 2.34 bits per heavy atom. The number of nitrogens with zero attached hydrogens (tertiary/aromatic N) is 5. The van der Waals surface area contributed by atoms with Crippen LogP contribution in [-0.4, -0.2) is 43.9 Å². The van der Waals surface area contributed by atoms with Crippen molar-refractivity contribution in [3.63, 3.8) is 0 Å². The lowest BCUT2D eigenvalue weighted by molar-refractivity contribution is 0.485. The third kappa shape index (κ3) is 4.16. The molecule has 4 rings (SSSR count). The second-order valence-corrected chi connectivity index (χ2v) is 7.94. The number of aromatic nitrogens is 4. The fourth-order valence-electron chi connectivity index (χ4n) is 3.43. The van der Waals surface area contributed by atoms with Crippen molar-refractivity contribution < 1.29 is 0 Å². The van der Waals surface area contributed by atoms with E-state index in [2.05, 4.69) is 43.6 Å². The number of hydrogen-bond donors (Lipinski definition) is 3. The molecule has 0 radical (unpaired) electrons. The largest absolute Gasteiger partial charge is 0.328 e. The summed E-state index contributed by atoms with van der Waals surface area (Å²) in [5.74, 6) is 6.60. The summed E-state index contributed by atoms with van der Waals surface area (Å²) in [5, 5.41) is 9.37. The molecule has 3 aromatic rings. The first-order chi connectivity index (χ1) is 14.0. The van der Waals surface area contributed by atoms with Gasteiger partial charge in [0.25, 0.3) is 0 Å². The number of hydrogen-bond acceptors (Lipinski definition) is 8. The van der Waals surface area contributed by atoms with E-state index in [4.69, 9.17) is 10.8 Å². The highest BCUT2D eigenvalue weighted by molar-refractivity contribution is 7.10. The van der Waals surface area contributed by atoms with Gasteiger partial charge in [-0.15, -0.1) is 0 Å². The first-order valence-electron chi connectivity index (χ1n) is 9.72. The molecule has 0 spiro atoms. The van der Waals surface area contributed by atoms with Gasteiger partial charge in [0.15, 0.2) is 11.5 Å². The summed E-state index contributed by atoms with van der Waals surface area (Å²) in [6.45, 7) is 5.90. The molecule has 1 aliphatic heterocycles. The van der Waals surface area contributed by atoms with Crippen molar-refractivity contribution in [1.82, 2.24) is 29.1 Å². The second-order valence-electron chi connectivity index (χ2n) is 7.14. The molecule has 0 bridgehead atoms. The van der Waals surface area contributed by atoms with Crippen LogP contribution in [-0.2, 0) is 0 Å². The summed E-state index contributed by atoms with van der Waals surface area (Å²) in [6.07, 6.45) is 9.99. The molecule has 3 aromatic heterocycles. The predicted molar refractivity (Wildman–Crippen MR) is 119 cm³/mol. The maximum atomic E-state index is 5.88. The molecule has 0 aromatic carbocycles. The molecule has 9 heteroatoms. The van der Waals surface area contributed by atoms with Gasteiger partial charge in [0.2, 0.25) is 0 Å². The van der Waals surface area contributed by atoms with E-state index in [0.29, 0.717) is 0 Å². The van der Waals surface area contributed by atoms with Crippen molar-refractivity contribution in [2.24, 2.45) is 5.84 Å². The first-order valence-corrected chi connectivity index (χ1v) is 10.5. The minimum absolute atomic E-state index is 0.723. The highest BCUT2D eigenvalue weighted by atomic mass is 32.1. The Morgan fingerprint density at radius 1 is 1.48 bits per heavy atom. The molecular formula is C20H26N8S. The van der Waals surface area contributed by atoms with Crippen LogP contribution in [0.25, 0.3) is 16.8 Å². The Morgan fingerprint density at radius 3 is 3.00 bits per heavy atom. The fourth-order valence-corrected chi connectivity index (χ4v) is 4.09. The maximum Gasteiger partial charge on any atom is 0.180 e. The van der Waals surface area contributed by atoms with Crippen LogP contribution in [0.4, 0.5) is 10.8 Å². The van der Waals surface area contributed by atoms with Gasteiger partial charge in [-0.05, 0) is 55.1 Å². The normalized spacial score (nSPS) is 14.9. The monoisotopic (exact) mass is 410 g/mol. The minimum Gasteiger partial charge on any atom is -0.328 e. The van der Waals surface area contributed by atoms with Crippen molar-refractivity contribution in [2.75, 3.05) is 25.5 Å². The van der Waals surface area contributed by atoms with Crippen molar-refractivity contribution in [3.8, 4) is 0 Å². The maximum absolute atomic E-state index is 5.88. The highest BCUT2D eigenvalue weighted by Gasteiger charge is 2.17. The third-order valence-electron chi connectivity index (χ3n) is 4.79. The summed E-state index contributed by atoms with van der Waals surface area (Å²) in [4.78, 5) is 9.58. The molecule has 1 aliphatic rings. The Kier molecular flexibility index (Phi) is 5.61. The molecule has 29 heavy (non-hydrogen) atoms. The van der Waals surface area contributed by atoms with E-state index in [1.165, 1.54) is 17.1 Å². The topological polar surface area (TPSA) is 96.4 Å². The second kappa shape index (κ2) is 8.32. The summed E-state index contributed by atoms with van der Waals surface area (Å²) < 4.78 is 6.46. The number of anilines is 2. The minimum atomic E-state index is 0.723. The van der Waals surface area contributed by atoms with Crippen LogP contribution in [0.2, 0.25) is 0 Å². The molecule has 0 saturated heterocycles. The smallest absolute Gasteiger partial charge is 0.180 e. The van der Waals surface area contributed by atoms with Crippen LogP contribution in [0.3, 0.4) is 0 Å². The molecule has 4 N–H and O–H groups in total. The van der Waals surface area contributed by atoms with Crippen LogP contribution >= 0.6 is 11.5 Å². The molecule has 0 amide bonds. The Bertz CT molecular complexity index is 1080. The zero-order valence-electron chi connectivity index (χ0n) is 16.9. The van der Waals surface area contributed by atoms with Gasteiger partial charge in [-0.25, -0.2) is 15.8 Å². The summed E-state index contributed by atoms with van der Waals surface area (Å²) in [5.41, 5.74) is 6.00. The van der Waals surface area contributed by atoms with Gasteiger partial charge in [-0.3, -0.25) is 4.40 Å². The Hall–Kier alpha value is -2.75. The van der Waals surface area contributed by atoms with Crippen molar-refractivity contribution in [2.45, 2.75) is 26.7 Å². The van der Waals surface area contributed by atoms with E-state index in [9.17, 15) is 0 Å². The van der Waals surface area contributed by atoms with E-state index in [-0.39, 0.29) is 0 Å². The number of nitrogens with two attached hydrogens (primary N) is 1. The van der Waals surface area contributed by atoms with Crippen LogP contribution in [0, 0.1) is 6.92 Å². The molecule has 0 atom stereocenters. The lowest BCUT2D eigenvalue weighted by atomic mass is 10.1. The van der Waals surface area contributed by atoms with Crippen molar-refractivity contribution in [1.29, 1.82) is 0 Å². The summed E-state index contributed by atoms with van der Waals surface area (Å²) in [7, 11) is 1.82. The molecule has 152 valence electrons. The number of nitrogens with one attached hydrogen (secondary N) is 2. The summed E-state index contributed by atoms with van der Waals surface area (Å²) >= 11 is 1.42. The lowest BCUT2D eigenvalue weighted by Crippen LogP contribution is -2.22.